The Kier molecular flexibility index (Phi) is 3.66. The fourth-order valence-corrected chi connectivity index (χ4v) is 1.57. The van der Waals surface area contributed by atoms with Crippen molar-refractivity contribution in [2.75, 3.05) is 0 Å². The first-order chi connectivity index (χ1) is 7.47. The first-order valence-corrected chi connectivity index (χ1v) is 5.04. The highest BCUT2D eigenvalue weighted by molar-refractivity contribution is 5.86. The number of aliphatic carboxylic acids is 1. The average Bonchev–Trinajstić information content (AvgIpc) is 2.26. The summed E-state index contributed by atoms with van der Waals surface area (Å²) < 4.78 is 0. The number of hydrogen-bond acceptors (Lipinski definition) is 2. The molecule has 1 rings (SSSR count). The molecule has 0 aromatic heterocycles. The van der Waals surface area contributed by atoms with Crippen LogP contribution in [0.1, 0.15) is 25.3 Å². The highest BCUT2D eigenvalue weighted by Crippen LogP contribution is 2.28. The maximum atomic E-state index is 11.5. The number of rotatable bonds is 5. The van der Waals surface area contributed by atoms with E-state index in [4.69, 9.17) is 10.8 Å². The number of hydrogen-bond donors (Lipinski definition) is 2. The van der Waals surface area contributed by atoms with E-state index in [0.717, 1.165) is 5.56 Å². The summed E-state index contributed by atoms with van der Waals surface area (Å²) in [5.41, 5.74) is 5.19. The van der Waals surface area contributed by atoms with Gasteiger partial charge in [-0.1, -0.05) is 30.3 Å². The van der Waals surface area contributed by atoms with Gasteiger partial charge >= 0.3 is 5.97 Å². The summed E-state index contributed by atoms with van der Waals surface area (Å²) in [4.78, 5) is 22.0. The summed E-state index contributed by atoms with van der Waals surface area (Å²) in [5.74, 6) is -1.43. The lowest BCUT2D eigenvalue weighted by atomic mass is 9.78. The molecule has 4 nitrogen and oxygen atoms in total. The number of benzene rings is 1. The predicted octanol–water partition coefficient (Wildman–Crippen LogP) is 1.29. The SMILES string of the molecule is C[C@@](CCC(=O)O)(C(N)=O)c1ccccc1. The summed E-state index contributed by atoms with van der Waals surface area (Å²) in [7, 11) is 0. The summed E-state index contributed by atoms with van der Waals surface area (Å²) in [6, 6.07) is 9.01. The van der Waals surface area contributed by atoms with Crippen LogP contribution in [0.15, 0.2) is 30.3 Å². The third-order valence-electron chi connectivity index (χ3n) is 2.79. The molecule has 0 saturated heterocycles. The number of carboxylic acids is 1. The minimum absolute atomic E-state index is 0.0751. The smallest absolute Gasteiger partial charge is 0.303 e. The van der Waals surface area contributed by atoms with E-state index in [9.17, 15) is 9.59 Å². The maximum absolute atomic E-state index is 11.5. The second kappa shape index (κ2) is 4.79. The minimum atomic E-state index is -0.927. The molecule has 1 atom stereocenters. The molecule has 0 saturated carbocycles. The molecular weight excluding hydrogens is 206 g/mol. The Bertz CT molecular complexity index is 389. The van der Waals surface area contributed by atoms with Gasteiger partial charge in [0.2, 0.25) is 5.91 Å². The van der Waals surface area contributed by atoms with Gasteiger partial charge in [0.05, 0.1) is 5.41 Å². The van der Waals surface area contributed by atoms with Gasteiger partial charge in [-0.25, -0.2) is 0 Å². The van der Waals surface area contributed by atoms with E-state index in [2.05, 4.69) is 0 Å². The van der Waals surface area contributed by atoms with Crippen LogP contribution in [0.4, 0.5) is 0 Å². The number of carbonyl (C=O) groups excluding carboxylic acids is 1. The van der Waals surface area contributed by atoms with Crippen LogP contribution in [0.25, 0.3) is 0 Å². The molecule has 0 aliphatic heterocycles. The van der Waals surface area contributed by atoms with Gasteiger partial charge in [-0.05, 0) is 18.9 Å². The number of primary amides is 1. The summed E-state index contributed by atoms with van der Waals surface area (Å²) in [5, 5.41) is 8.65. The highest BCUT2D eigenvalue weighted by atomic mass is 16.4. The molecule has 4 heteroatoms. The van der Waals surface area contributed by atoms with Crippen molar-refractivity contribution < 1.29 is 14.7 Å². The zero-order chi connectivity index (χ0) is 12.2. The van der Waals surface area contributed by atoms with Crippen LogP contribution >= 0.6 is 0 Å². The molecule has 0 fully saturated rings. The van der Waals surface area contributed by atoms with E-state index in [-0.39, 0.29) is 12.8 Å². The molecule has 0 heterocycles. The first kappa shape index (κ1) is 12.2. The van der Waals surface area contributed by atoms with Gasteiger partial charge in [0.15, 0.2) is 0 Å². The molecule has 0 bridgehead atoms. The second-order valence-corrected chi connectivity index (χ2v) is 3.96. The topological polar surface area (TPSA) is 80.4 Å². The number of carbonyl (C=O) groups is 2. The van der Waals surface area contributed by atoms with Gasteiger partial charge in [0.1, 0.15) is 0 Å². The van der Waals surface area contributed by atoms with Crippen molar-refractivity contribution >= 4 is 11.9 Å². The van der Waals surface area contributed by atoms with Gasteiger partial charge < -0.3 is 10.8 Å². The van der Waals surface area contributed by atoms with Crippen LogP contribution in [0.5, 0.6) is 0 Å². The average molecular weight is 221 g/mol. The van der Waals surface area contributed by atoms with Crippen molar-refractivity contribution in [3.8, 4) is 0 Å². The monoisotopic (exact) mass is 221 g/mol. The van der Waals surface area contributed by atoms with Crippen LogP contribution in [0.2, 0.25) is 0 Å². The molecule has 0 unspecified atom stereocenters. The number of carboxylic acid groups (broad SMARTS) is 1. The second-order valence-electron chi connectivity index (χ2n) is 3.96. The molecule has 0 aliphatic rings. The highest BCUT2D eigenvalue weighted by Gasteiger charge is 2.33. The molecule has 1 aromatic rings. The molecule has 16 heavy (non-hydrogen) atoms. The largest absolute Gasteiger partial charge is 0.481 e. The lowest BCUT2D eigenvalue weighted by Gasteiger charge is -2.25. The minimum Gasteiger partial charge on any atom is -0.481 e. The van der Waals surface area contributed by atoms with Gasteiger partial charge in [-0.3, -0.25) is 9.59 Å². The third kappa shape index (κ3) is 2.59. The fraction of sp³-hybridized carbons (Fsp3) is 0.333. The quantitative estimate of drug-likeness (QED) is 0.786. The van der Waals surface area contributed by atoms with Gasteiger partial charge in [0.25, 0.3) is 0 Å². The van der Waals surface area contributed by atoms with Gasteiger partial charge in [-0.15, -0.1) is 0 Å². The molecule has 0 aliphatic carbocycles. The van der Waals surface area contributed by atoms with E-state index in [1.54, 1.807) is 31.2 Å². The summed E-state index contributed by atoms with van der Waals surface area (Å²) in [6.45, 7) is 1.67. The Morgan fingerprint density at radius 2 is 1.88 bits per heavy atom. The van der Waals surface area contributed by atoms with E-state index in [0.29, 0.717) is 0 Å². The lowest BCUT2D eigenvalue weighted by Crippen LogP contribution is -2.38. The Labute approximate surface area is 94.1 Å². The Balaban J connectivity index is 2.98. The van der Waals surface area contributed by atoms with Crippen LogP contribution in [-0.2, 0) is 15.0 Å². The van der Waals surface area contributed by atoms with Crippen molar-refractivity contribution in [1.82, 2.24) is 0 Å². The van der Waals surface area contributed by atoms with Crippen LogP contribution in [0.3, 0.4) is 0 Å². The van der Waals surface area contributed by atoms with Crippen molar-refractivity contribution in [2.24, 2.45) is 5.73 Å². The van der Waals surface area contributed by atoms with Crippen LogP contribution in [0, 0.1) is 0 Å². The van der Waals surface area contributed by atoms with E-state index < -0.39 is 17.3 Å². The Morgan fingerprint density at radius 1 is 1.31 bits per heavy atom. The van der Waals surface area contributed by atoms with Crippen molar-refractivity contribution in [2.45, 2.75) is 25.2 Å². The molecule has 1 aromatic carbocycles. The van der Waals surface area contributed by atoms with E-state index in [1.807, 2.05) is 6.07 Å². The Hall–Kier alpha value is -1.84. The van der Waals surface area contributed by atoms with Crippen molar-refractivity contribution in [1.29, 1.82) is 0 Å². The summed E-state index contributed by atoms with van der Waals surface area (Å²) in [6.07, 6.45) is 0.135. The molecule has 0 spiro atoms. The standard InChI is InChI=1S/C12H15NO3/c1-12(11(13)16,8-7-10(14)15)9-5-3-2-4-6-9/h2-6H,7-8H2,1H3,(H2,13,16)(H,14,15)/t12-/m0/s1. The molecule has 0 radical (unpaired) electrons. The predicted molar refractivity (Wildman–Crippen MR) is 59.9 cm³/mol. The number of nitrogens with two attached hydrogens (primary N) is 1. The zero-order valence-electron chi connectivity index (χ0n) is 9.14. The first-order valence-electron chi connectivity index (χ1n) is 5.04. The van der Waals surface area contributed by atoms with Gasteiger partial charge in [0, 0.05) is 6.42 Å². The van der Waals surface area contributed by atoms with E-state index in [1.165, 1.54) is 0 Å². The zero-order valence-corrected chi connectivity index (χ0v) is 9.14. The normalized spacial score (nSPS) is 14.1. The summed E-state index contributed by atoms with van der Waals surface area (Å²) >= 11 is 0. The fourth-order valence-electron chi connectivity index (χ4n) is 1.57. The van der Waals surface area contributed by atoms with Crippen LogP contribution < -0.4 is 5.73 Å². The third-order valence-corrected chi connectivity index (χ3v) is 2.79. The lowest BCUT2D eigenvalue weighted by molar-refractivity contribution is -0.137. The van der Waals surface area contributed by atoms with Crippen LogP contribution in [-0.4, -0.2) is 17.0 Å². The number of amides is 1. The van der Waals surface area contributed by atoms with E-state index >= 15 is 0 Å². The van der Waals surface area contributed by atoms with Crippen molar-refractivity contribution in [3.05, 3.63) is 35.9 Å². The molecule has 86 valence electrons. The Morgan fingerprint density at radius 3 is 2.31 bits per heavy atom. The van der Waals surface area contributed by atoms with Crippen molar-refractivity contribution in [3.63, 3.8) is 0 Å². The molecular formula is C12H15NO3. The maximum Gasteiger partial charge on any atom is 0.303 e. The molecule has 1 amide bonds. The van der Waals surface area contributed by atoms with Gasteiger partial charge in [-0.2, -0.15) is 0 Å². The molecule has 3 N–H and O–H groups in total.